The van der Waals surface area contributed by atoms with Crippen molar-refractivity contribution in [3.63, 3.8) is 0 Å². The standard InChI is InChI=1S/C14H9Cl2F4N/c15-11-3-2-9(6-10(11)14(18,19)20)21-7-8-1-4-13(17)12(16)5-8/h1-6,21H,7H2. The lowest BCUT2D eigenvalue weighted by atomic mass is 10.1. The second-order valence-electron chi connectivity index (χ2n) is 4.29. The van der Waals surface area contributed by atoms with Gasteiger partial charge in [-0.1, -0.05) is 29.3 Å². The third kappa shape index (κ3) is 4.02. The molecule has 0 aliphatic carbocycles. The number of hydrogen-bond donors (Lipinski definition) is 1. The summed E-state index contributed by atoms with van der Waals surface area (Å²) in [5.41, 5.74) is -0.0108. The minimum Gasteiger partial charge on any atom is -0.381 e. The van der Waals surface area contributed by atoms with Crippen LogP contribution in [0.25, 0.3) is 0 Å². The lowest BCUT2D eigenvalue weighted by Crippen LogP contribution is -2.07. The number of benzene rings is 2. The Hall–Kier alpha value is -1.46. The van der Waals surface area contributed by atoms with Crippen molar-refractivity contribution in [2.75, 3.05) is 5.32 Å². The molecule has 0 saturated carbocycles. The highest BCUT2D eigenvalue weighted by Gasteiger charge is 2.33. The Kier molecular flexibility index (Phi) is 4.64. The van der Waals surface area contributed by atoms with E-state index in [1.54, 1.807) is 0 Å². The van der Waals surface area contributed by atoms with Gasteiger partial charge < -0.3 is 5.32 Å². The summed E-state index contributed by atoms with van der Waals surface area (Å²) in [5, 5.41) is 2.40. The molecule has 7 heteroatoms. The molecule has 0 aliphatic rings. The first-order valence-corrected chi connectivity index (χ1v) is 6.57. The summed E-state index contributed by atoms with van der Waals surface area (Å²) in [5.74, 6) is -0.550. The fourth-order valence-electron chi connectivity index (χ4n) is 1.71. The van der Waals surface area contributed by atoms with Gasteiger partial charge in [0.25, 0.3) is 0 Å². The number of alkyl halides is 3. The van der Waals surface area contributed by atoms with E-state index in [2.05, 4.69) is 5.32 Å². The van der Waals surface area contributed by atoms with Gasteiger partial charge in [0.2, 0.25) is 0 Å². The topological polar surface area (TPSA) is 12.0 Å². The highest BCUT2D eigenvalue weighted by molar-refractivity contribution is 6.31. The van der Waals surface area contributed by atoms with Gasteiger partial charge in [-0.25, -0.2) is 4.39 Å². The molecule has 0 unspecified atom stereocenters. The summed E-state index contributed by atoms with van der Waals surface area (Å²) >= 11 is 11.2. The van der Waals surface area contributed by atoms with Crippen molar-refractivity contribution in [2.45, 2.75) is 12.7 Å². The zero-order valence-corrected chi connectivity index (χ0v) is 12.0. The molecule has 2 aromatic rings. The van der Waals surface area contributed by atoms with Gasteiger partial charge in [-0.15, -0.1) is 0 Å². The maximum atomic E-state index is 13.0. The van der Waals surface area contributed by atoms with Gasteiger partial charge in [0.1, 0.15) is 5.82 Å². The maximum Gasteiger partial charge on any atom is 0.417 e. The van der Waals surface area contributed by atoms with Gasteiger partial charge in [0.05, 0.1) is 15.6 Å². The molecule has 2 aromatic carbocycles. The van der Waals surface area contributed by atoms with Crippen LogP contribution in [0.3, 0.4) is 0 Å². The first-order valence-electron chi connectivity index (χ1n) is 5.82. The van der Waals surface area contributed by atoms with E-state index in [0.717, 1.165) is 6.07 Å². The molecular weight excluding hydrogens is 329 g/mol. The molecule has 0 atom stereocenters. The molecule has 0 spiro atoms. The Morgan fingerprint density at radius 2 is 1.67 bits per heavy atom. The first kappa shape index (κ1) is 15.9. The van der Waals surface area contributed by atoms with Crippen molar-refractivity contribution in [1.82, 2.24) is 0 Å². The molecule has 0 aliphatic heterocycles. The van der Waals surface area contributed by atoms with Crippen LogP contribution in [0.1, 0.15) is 11.1 Å². The van der Waals surface area contributed by atoms with Crippen LogP contribution in [-0.4, -0.2) is 0 Å². The highest BCUT2D eigenvalue weighted by atomic mass is 35.5. The second-order valence-corrected chi connectivity index (χ2v) is 5.11. The highest BCUT2D eigenvalue weighted by Crippen LogP contribution is 2.36. The van der Waals surface area contributed by atoms with Crippen LogP contribution < -0.4 is 5.32 Å². The summed E-state index contributed by atoms with van der Waals surface area (Å²) in [7, 11) is 0. The predicted octanol–water partition coefficient (Wildman–Crippen LogP) is 5.76. The third-order valence-corrected chi connectivity index (χ3v) is 3.37. The molecule has 0 radical (unpaired) electrons. The normalized spacial score (nSPS) is 11.5. The van der Waals surface area contributed by atoms with Crippen molar-refractivity contribution in [1.29, 1.82) is 0 Å². The number of anilines is 1. The van der Waals surface area contributed by atoms with Gasteiger partial charge in [0.15, 0.2) is 0 Å². The fourth-order valence-corrected chi connectivity index (χ4v) is 2.13. The smallest absolute Gasteiger partial charge is 0.381 e. The zero-order valence-electron chi connectivity index (χ0n) is 10.4. The van der Waals surface area contributed by atoms with E-state index in [0.29, 0.717) is 5.56 Å². The van der Waals surface area contributed by atoms with E-state index >= 15 is 0 Å². The van der Waals surface area contributed by atoms with Gasteiger partial charge in [-0.2, -0.15) is 13.2 Å². The molecule has 0 saturated heterocycles. The van der Waals surface area contributed by atoms with E-state index in [1.807, 2.05) is 0 Å². The first-order chi connectivity index (χ1) is 9.77. The molecule has 1 N–H and O–H groups in total. The van der Waals surface area contributed by atoms with E-state index in [-0.39, 0.29) is 22.3 Å². The van der Waals surface area contributed by atoms with Gasteiger partial charge in [-0.3, -0.25) is 0 Å². The summed E-state index contributed by atoms with van der Waals surface area (Å²) in [6, 6.07) is 7.63. The molecule has 0 aromatic heterocycles. The lowest BCUT2D eigenvalue weighted by molar-refractivity contribution is -0.137. The SMILES string of the molecule is Fc1ccc(CNc2ccc(Cl)c(C(F)(F)F)c2)cc1Cl. The van der Waals surface area contributed by atoms with Crippen LogP contribution >= 0.6 is 23.2 Å². The average Bonchev–Trinajstić information content (AvgIpc) is 2.40. The number of hydrogen-bond acceptors (Lipinski definition) is 1. The Bertz CT molecular complexity index is 656. The Morgan fingerprint density at radius 3 is 2.29 bits per heavy atom. The van der Waals surface area contributed by atoms with Crippen LogP contribution in [0, 0.1) is 5.82 Å². The summed E-state index contributed by atoms with van der Waals surface area (Å²) in [4.78, 5) is 0. The van der Waals surface area contributed by atoms with Gasteiger partial charge in [-0.05, 0) is 35.9 Å². The molecule has 0 bridgehead atoms. The van der Waals surface area contributed by atoms with Gasteiger partial charge >= 0.3 is 6.18 Å². The van der Waals surface area contributed by atoms with Crippen LogP contribution in [-0.2, 0) is 12.7 Å². The van der Waals surface area contributed by atoms with Crippen LogP contribution in [0.5, 0.6) is 0 Å². The van der Waals surface area contributed by atoms with Crippen molar-refractivity contribution in [3.05, 3.63) is 63.4 Å². The molecule has 1 nitrogen and oxygen atoms in total. The largest absolute Gasteiger partial charge is 0.417 e. The quantitative estimate of drug-likeness (QED) is 0.701. The Balaban J connectivity index is 2.15. The minimum absolute atomic E-state index is 0.0404. The molecule has 112 valence electrons. The zero-order chi connectivity index (χ0) is 15.6. The van der Waals surface area contributed by atoms with Crippen LogP contribution in [0.4, 0.5) is 23.2 Å². The summed E-state index contributed by atoms with van der Waals surface area (Å²) in [6.45, 7) is 0.207. The number of rotatable bonds is 3. The Labute approximate surface area is 128 Å². The van der Waals surface area contributed by atoms with Crippen molar-refractivity contribution in [3.8, 4) is 0 Å². The fraction of sp³-hybridized carbons (Fsp3) is 0.143. The number of nitrogens with one attached hydrogen (secondary N) is 1. The molecule has 0 amide bonds. The molecule has 0 heterocycles. The van der Waals surface area contributed by atoms with Crippen LogP contribution in [0.2, 0.25) is 10.0 Å². The van der Waals surface area contributed by atoms with Gasteiger partial charge in [0, 0.05) is 12.2 Å². The van der Waals surface area contributed by atoms with E-state index < -0.39 is 17.6 Å². The van der Waals surface area contributed by atoms with Crippen molar-refractivity contribution >= 4 is 28.9 Å². The van der Waals surface area contributed by atoms with E-state index in [4.69, 9.17) is 23.2 Å². The van der Waals surface area contributed by atoms with Crippen molar-refractivity contribution in [2.24, 2.45) is 0 Å². The molecule has 21 heavy (non-hydrogen) atoms. The molecular formula is C14H9Cl2F4N. The Morgan fingerprint density at radius 1 is 0.952 bits per heavy atom. The predicted molar refractivity (Wildman–Crippen MR) is 75.2 cm³/mol. The van der Waals surface area contributed by atoms with Crippen molar-refractivity contribution < 1.29 is 17.6 Å². The maximum absolute atomic E-state index is 13.0. The third-order valence-electron chi connectivity index (χ3n) is 2.75. The summed E-state index contributed by atoms with van der Waals surface area (Å²) in [6.07, 6.45) is -4.52. The number of halogens is 6. The molecule has 0 fully saturated rings. The van der Waals surface area contributed by atoms with E-state index in [9.17, 15) is 17.6 Å². The average molecular weight is 338 g/mol. The monoisotopic (exact) mass is 337 g/mol. The van der Waals surface area contributed by atoms with Crippen LogP contribution in [0.15, 0.2) is 36.4 Å². The minimum atomic E-state index is -4.52. The summed E-state index contributed by atoms with van der Waals surface area (Å²) < 4.78 is 51.2. The lowest BCUT2D eigenvalue weighted by Gasteiger charge is -2.12. The molecule has 2 rings (SSSR count). The second kappa shape index (κ2) is 6.12. The van der Waals surface area contributed by atoms with E-state index in [1.165, 1.54) is 30.3 Å².